The highest BCUT2D eigenvalue weighted by atomic mass is 19.1. The number of nitrogen functional groups attached to an aromatic ring is 1. The molecule has 0 aliphatic heterocycles. The molecule has 21 heavy (non-hydrogen) atoms. The number of benzene rings is 1. The Kier molecular flexibility index (Phi) is 3.14. The molecular formula is C12H9F2N7. The fourth-order valence-electron chi connectivity index (χ4n) is 1.64. The van der Waals surface area contributed by atoms with Crippen molar-refractivity contribution in [3.63, 3.8) is 0 Å². The number of nitrogens with zero attached hydrogens (tertiary/aromatic N) is 5. The van der Waals surface area contributed by atoms with E-state index in [2.05, 4.69) is 25.4 Å². The van der Waals surface area contributed by atoms with Crippen LogP contribution in [0.4, 0.5) is 26.4 Å². The van der Waals surface area contributed by atoms with Crippen molar-refractivity contribution in [3.05, 3.63) is 48.3 Å². The van der Waals surface area contributed by atoms with Crippen LogP contribution in [0.1, 0.15) is 0 Å². The van der Waals surface area contributed by atoms with Gasteiger partial charge in [-0.15, -0.1) is 0 Å². The Balaban J connectivity index is 1.97. The van der Waals surface area contributed by atoms with Crippen LogP contribution in [0.2, 0.25) is 0 Å². The molecule has 3 aromatic rings. The van der Waals surface area contributed by atoms with Gasteiger partial charge in [0, 0.05) is 18.5 Å². The maximum absolute atomic E-state index is 13.6. The van der Waals surface area contributed by atoms with Crippen LogP contribution >= 0.6 is 0 Å². The zero-order valence-corrected chi connectivity index (χ0v) is 10.5. The van der Waals surface area contributed by atoms with E-state index in [9.17, 15) is 8.78 Å². The molecule has 0 saturated heterocycles. The average Bonchev–Trinajstić information content (AvgIpc) is 2.96. The Hall–Kier alpha value is -3.10. The molecule has 0 fully saturated rings. The van der Waals surface area contributed by atoms with Crippen molar-refractivity contribution in [1.82, 2.24) is 24.7 Å². The van der Waals surface area contributed by atoms with Gasteiger partial charge >= 0.3 is 0 Å². The molecule has 106 valence electrons. The molecule has 3 N–H and O–H groups in total. The van der Waals surface area contributed by atoms with Crippen LogP contribution in [0.5, 0.6) is 0 Å². The van der Waals surface area contributed by atoms with Gasteiger partial charge in [0.2, 0.25) is 11.9 Å². The van der Waals surface area contributed by atoms with Crippen LogP contribution < -0.4 is 11.1 Å². The summed E-state index contributed by atoms with van der Waals surface area (Å²) in [5.74, 6) is -1.16. The molecule has 0 radical (unpaired) electrons. The molecule has 9 heteroatoms. The van der Waals surface area contributed by atoms with Crippen molar-refractivity contribution < 1.29 is 8.78 Å². The summed E-state index contributed by atoms with van der Waals surface area (Å²) in [5, 5.41) is 6.51. The first-order valence-corrected chi connectivity index (χ1v) is 5.85. The molecule has 0 aliphatic carbocycles. The normalized spacial score (nSPS) is 10.6. The molecule has 0 amide bonds. The minimum absolute atomic E-state index is 0.0162. The van der Waals surface area contributed by atoms with Gasteiger partial charge in [-0.2, -0.15) is 20.1 Å². The second kappa shape index (κ2) is 5.12. The van der Waals surface area contributed by atoms with Gasteiger partial charge in [-0.25, -0.2) is 13.5 Å². The summed E-state index contributed by atoms with van der Waals surface area (Å²) in [4.78, 5) is 11.8. The van der Waals surface area contributed by atoms with Crippen molar-refractivity contribution >= 4 is 17.6 Å². The van der Waals surface area contributed by atoms with E-state index in [1.807, 2.05) is 0 Å². The van der Waals surface area contributed by atoms with Gasteiger partial charge < -0.3 is 11.1 Å². The van der Waals surface area contributed by atoms with Gasteiger partial charge in [-0.05, 0) is 18.2 Å². The van der Waals surface area contributed by atoms with Crippen molar-refractivity contribution in [2.75, 3.05) is 11.1 Å². The third-order valence-electron chi connectivity index (χ3n) is 2.53. The second-order valence-electron chi connectivity index (χ2n) is 4.02. The van der Waals surface area contributed by atoms with E-state index in [1.54, 1.807) is 18.5 Å². The molecule has 0 saturated carbocycles. The van der Waals surface area contributed by atoms with Gasteiger partial charge in [-0.3, -0.25) is 0 Å². The van der Waals surface area contributed by atoms with Crippen LogP contribution in [0.15, 0.2) is 36.7 Å². The highest BCUT2D eigenvalue weighted by Crippen LogP contribution is 2.19. The van der Waals surface area contributed by atoms with E-state index in [1.165, 1.54) is 4.68 Å². The molecule has 0 unspecified atom stereocenters. The lowest BCUT2D eigenvalue weighted by Gasteiger charge is -2.08. The summed E-state index contributed by atoms with van der Waals surface area (Å²) in [6.07, 6.45) is 3.15. The average molecular weight is 289 g/mol. The number of aromatic nitrogens is 5. The molecule has 2 heterocycles. The first-order chi connectivity index (χ1) is 10.1. The van der Waals surface area contributed by atoms with Crippen molar-refractivity contribution in [3.8, 4) is 5.95 Å². The lowest BCUT2D eigenvalue weighted by molar-refractivity contribution is 0.603. The number of nitrogens with two attached hydrogens (primary N) is 1. The first-order valence-electron chi connectivity index (χ1n) is 5.85. The molecule has 7 nitrogen and oxygen atoms in total. The van der Waals surface area contributed by atoms with E-state index < -0.39 is 11.6 Å². The minimum atomic E-state index is -0.643. The summed E-state index contributed by atoms with van der Waals surface area (Å²) >= 11 is 0. The Morgan fingerprint density at radius 2 is 2.00 bits per heavy atom. The van der Waals surface area contributed by atoms with Gasteiger partial charge in [0.25, 0.3) is 5.95 Å². The quantitative estimate of drug-likeness (QED) is 0.761. The van der Waals surface area contributed by atoms with Crippen LogP contribution in [0, 0.1) is 11.6 Å². The van der Waals surface area contributed by atoms with Crippen molar-refractivity contribution in [1.29, 1.82) is 0 Å². The fourth-order valence-corrected chi connectivity index (χ4v) is 1.64. The van der Waals surface area contributed by atoms with Crippen LogP contribution in [0.25, 0.3) is 5.95 Å². The van der Waals surface area contributed by atoms with Gasteiger partial charge in [-0.1, -0.05) is 0 Å². The predicted octanol–water partition coefficient (Wildman–Crippen LogP) is 1.66. The van der Waals surface area contributed by atoms with E-state index in [-0.39, 0.29) is 23.5 Å². The van der Waals surface area contributed by atoms with Gasteiger partial charge in [0.1, 0.15) is 11.6 Å². The van der Waals surface area contributed by atoms with E-state index >= 15 is 0 Å². The van der Waals surface area contributed by atoms with Crippen molar-refractivity contribution in [2.45, 2.75) is 0 Å². The van der Waals surface area contributed by atoms with E-state index in [0.29, 0.717) is 0 Å². The number of nitrogens with one attached hydrogen (secondary N) is 1. The molecule has 1 aromatic carbocycles. The number of hydrogen-bond donors (Lipinski definition) is 2. The Bertz CT molecular complexity index is 773. The molecule has 0 atom stereocenters. The van der Waals surface area contributed by atoms with Gasteiger partial charge in [0.05, 0.1) is 5.69 Å². The highest BCUT2D eigenvalue weighted by molar-refractivity contribution is 5.55. The van der Waals surface area contributed by atoms with Gasteiger partial charge in [0.15, 0.2) is 0 Å². The maximum atomic E-state index is 13.6. The molecule has 0 spiro atoms. The Labute approximate surface area is 117 Å². The zero-order chi connectivity index (χ0) is 14.8. The number of anilines is 3. The predicted molar refractivity (Wildman–Crippen MR) is 71.0 cm³/mol. The Morgan fingerprint density at radius 1 is 1.14 bits per heavy atom. The van der Waals surface area contributed by atoms with Crippen LogP contribution in [0.3, 0.4) is 0 Å². The summed E-state index contributed by atoms with van der Waals surface area (Å²) in [7, 11) is 0. The third-order valence-corrected chi connectivity index (χ3v) is 2.53. The van der Waals surface area contributed by atoms with E-state index in [0.717, 1.165) is 18.2 Å². The van der Waals surface area contributed by atoms with Crippen LogP contribution in [-0.2, 0) is 0 Å². The fraction of sp³-hybridized carbons (Fsp3) is 0. The molecule has 0 aliphatic rings. The molecule has 2 aromatic heterocycles. The standard InChI is InChI=1S/C12H9F2N7/c13-7-2-3-8(14)9(6-7)17-11-18-10(15)19-12(20-11)21-5-1-4-16-21/h1-6H,(H3,15,17,18,19,20). The zero-order valence-electron chi connectivity index (χ0n) is 10.5. The topological polar surface area (TPSA) is 94.5 Å². The number of rotatable bonds is 3. The highest BCUT2D eigenvalue weighted by Gasteiger charge is 2.10. The summed E-state index contributed by atoms with van der Waals surface area (Å²) in [6.45, 7) is 0. The first kappa shape index (κ1) is 12.9. The molecule has 3 rings (SSSR count). The Morgan fingerprint density at radius 3 is 2.76 bits per heavy atom. The number of halogens is 2. The summed E-state index contributed by atoms with van der Waals surface area (Å²) in [5.41, 5.74) is 5.47. The van der Waals surface area contributed by atoms with E-state index in [4.69, 9.17) is 5.73 Å². The second-order valence-corrected chi connectivity index (χ2v) is 4.02. The third kappa shape index (κ3) is 2.76. The number of hydrogen-bond acceptors (Lipinski definition) is 6. The molecule has 0 bridgehead atoms. The lowest BCUT2D eigenvalue weighted by atomic mass is 10.3. The maximum Gasteiger partial charge on any atom is 0.257 e. The minimum Gasteiger partial charge on any atom is -0.368 e. The lowest BCUT2D eigenvalue weighted by Crippen LogP contribution is -2.10. The summed E-state index contributed by atoms with van der Waals surface area (Å²) < 4.78 is 28.1. The largest absolute Gasteiger partial charge is 0.368 e. The smallest absolute Gasteiger partial charge is 0.257 e. The summed E-state index contributed by atoms with van der Waals surface area (Å²) in [6, 6.07) is 4.68. The SMILES string of the molecule is Nc1nc(Nc2cc(F)ccc2F)nc(-n2cccn2)n1. The molecular weight excluding hydrogens is 280 g/mol. The van der Waals surface area contributed by atoms with Crippen LogP contribution in [-0.4, -0.2) is 24.7 Å². The monoisotopic (exact) mass is 289 g/mol. The van der Waals surface area contributed by atoms with Crippen molar-refractivity contribution in [2.24, 2.45) is 0 Å².